The van der Waals surface area contributed by atoms with Gasteiger partial charge in [0.1, 0.15) is 5.75 Å². The first-order valence-corrected chi connectivity index (χ1v) is 9.35. The lowest BCUT2D eigenvalue weighted by Gasteiger charge is -2.31. The van der Waals surface area contributed by atoms with Crippen molar-refractivity contribution < 1.29 is 14.2 Å². The van der Waals surface area contributed by atoms with Crippen LogP contribution in [-0.2, 0) is 14.9 Å². The maximum Gasteiger partial charge on any atom is 0.119 e. The van der Waals surface area contributed by atoms with Crippen LogP contribution in [0.1, 0.15) is 31.2 Å². The molecule has 3 rings (SSSR count). The Labute approximate surface area is 150 Å². The fraction of sp³-hybridized carbons (Fsp3) is 0.650. The van der Waals surface area contributed by atoms with Crippen LogP contribution in [-0.4, -0.2) is 57.6 Å². The van der Waals surface area contributed by atoms with Crippen LogP contribution < -0.4 is 4.74 Å². The Hall–Kier alpha value is -1.61. The lowest BCUT2D eigenvalue weighted by atomic mass is 9.75. The highest BCUT2D eigenvalue weighted by molar-refractivity contribution is 5.37. The van der Waals surface area contributed by atoms with Crippen molar-refractivity contribution in [3.8, 4) is 11.8 Å². The molecule has 0 N–H and O–H groups in total. The third-order valence-corrected chi connectivity index (χ3v) is 5.17. The zero-order valence-electron chi connectivity index (χ0n) is 14.9. The minimum atomic E-state index is -0.397. The molecule has 25 heavy (non-hydrogen) atoms. The van der Waals surface area contributed by atoms with Gasteiger partial charge < -0.3 is 19.1 Å². The van der Waals surface area contributed by atoms with Gasteiger partial charge >= 0.3 is 0 Å². The van der Waals surface area contributed by atoms with Crippen molar-refractivity contribution in [1.29, 1.82) is 5.26 Å². The van der Waals surface area contributed by atoms with Gasteiger partial charge in [-0.05, 0) is 43.4 Å². The smallest absolute Gasteiger partial charge is 0.119 e. The van der Waals surface area contributed by atoms with Crippen molar-refractivity contribution in [1.82, 2.24) is 4.90 Å². The standard InChI is InChI=1S/C20H28N2O3/c21-17-20(7-14-24-15-8-20)18-3-5-19(6-4-18)25-13-2-10-22-9-1-12-23-16-11-22/h3-6H,1-2,7-16H2. The molecule has 0 saturated carbocycles. The summed E-state index contributed by atoms with van der Waals surface area (Å²) in [5.41, 5.74) is 0.682. The molecule has 1 aromatic carbocycles. The lowest BCUT2D eigenvalue weighted by Crippen LogP contribution is -2.32. The Morgan fingerprint density at radius 1 is 1.04 bits per heavy atom. The van der Waals surface area contributed by atoms with Crippen molar-refractivity contribution >= 4 is 0 Å². The largest absolute Gasteiger partial charge is 0.494 e. The maximum atomic E-state index is 9.63. The highest BCUT2D eigenvalue weighted by atomic mass is 16.5. The van der Waals surface area contributed by atoms with Gasteiger partial charge in [-0.3, -0.25) is 0 Å². The van der Waals surface area contributed by atoms with Crippen LogP contribution in [0.2, 0.25) is 0 Å². The highest BCUT2D eigenvalue weighted by Gasteiger charge is 2.34. The van der Waals surface area contributed by atoms with E-state index in [1.54, 1.807) is 0 Å². The Bertz CT molecular complexity index is 553. The first kappa shape index (κ1) is 18.2. The van der Waals surface area contributed by atoms with Crippen LogP contribution in [0.15, 0.2) is 24.3 Å². The van der Waals surface area contributed by atoms with Gasteiger partial charge in [-0.2, -0.15) is 5.26 Å². The van der Waals surface area contributed by atoms with Crippen LogP contribution in [0.5, 0.6) is 5.75 Å². The molecule has 2 fully saturated rings. The quantitative estimate of drug-likeness (QED) is 0.743. The average Bonchev–Trinajstić information content (AvgIpc) is 2.95. The summed E-state index contributed by atoms with van der Waals surface area (Å²) < 4.78 is 16.8. The summed E-state index contributed by atoms with van der Waals surface area (Å²) in [6.07, 6.45) is 3.67. The third kappa shape index (κ3) is 4.94. The van der Waals surface area contributed by atoms with Gasteiger partial charge in [0.2, 0.25) is 0 Å². The first-order chi connectivity index (χ1) is 12.3. The van der Waals surface area contributed by atoms with Crippen LogP contribution in [0.3, 0.4) is 0 Å². The summed E-state index contributed by atoms with van der Waals surface area (Å²) >= 11 is 0. The summed E-state index contributed by atoms with van der Waals surface area (Å²) in [6.45, 7) is 6.96. The number of hydrogen-bond donors (Lipinski definition) is 0. The highest BCUT2D eigenvalue weighted by Crippen LogP contribution is 2.34. The minimum absolute atomic E-state index is 0.397. The van der Waals surface area contributed by atoms with E-state index in [-0.39, 0.29) is 0 Å². The molecule has 2 heterocycles. The Kier molecular flexibility index (Phi) is 6.69. The molecular formula is C20H28N2O3. The molecule has 2 aliphatic rings. The molecule has 2 saturated heterocycles. The van der Waals surface area contributed by atoms with Crippen LogP contribution in [0, 0.1) is 11.3 Å². The number of hydrogen-bond acceptors (Lipinski definition) is 5. The Morgan fingerprint density at radius 2 is 1.80 bits per heavy atom. The van der Waals surface area contributed by atoms with Gasteiger partial charge in [0.25, 0.3) is 0 Å². The molecular weight excluding hydrogens is 316 g/mol. The van der Waals surface area contributed by atoms with E-state index in [1.165, 1.54) is 0 Å². The van der Waals surface area contributed by atoms with E-state index in [0.29, 0.717) is 19.8 Å². The summed E-state index contributed by atoms with van der Waals surface area (Å²) in [7, 11) is 0. The molecule has 0 spiro atoms. The van der Waals surface area contributed by atoms with Crippen molar-refractivity contribution in [2.24, 2.45) is 0 Å². The van der Waals surface area contributed by atoms with Gasteiger partial charge in [-0.25, -0.2) is 0 Å². The number of nitrogens with zero attached hydrogens (tertiary/aromatic N) is 2. The fourth-order valence-electron chi connectivity index (χ4n) is 3.55. The summed E-state index contributed by atoms with van der Waals surface area (Å²) in [4.78, 5) is 2.45. The second-order valence-electron chi connectivity index (χ2n) is 6.84. The van der Waals surface area contributed by atoms with E-state index in [2.05, 4.69) is 11.0 Å². The molecule has 0 radical (unpaired) electrons. The van der Waals surface area contributed by atoms with E-state index in [4.69, 9.17) is 14.2 Å². The summed E-state index contributed by atoms with van der Waals surface area (Å²) in [5.74, 6) is 0.878. The molecule has 136 valence electrons. The molecule has 5 heteroatoms. The SMILES string of the molecule is N#CC1(c2ccc(OCCCN3CCCOCC3)cc2)CCOCC1. The maximum absolute atomic E-state index is 9.63. The normalized spacial score (nSPS) is 21.2. The van der Waals surface area contributed by atoms with Crippen molar-refractivity contribution in [3.05, 3.63) is 29.8 Å². The van der Waals surface area contributed by atoms with E-state index < -0.39 is 5.41 Å². The number of nitriles is 1. The average molecular weight is 344 g/mol. The van der Waals surface area contributed by atoms with Crippen LogP contribution >= 0.6 is 0 Å². The zero-order valence-corrected chi connectivity index (χ0v) is 14.9. The number of ether oxygens (including phenoxy) is 3. The lowest BCUT2D eigenvalue weighted by molar-refractivity contribution is 0.0675. The van der Waals surface area contributed by atoms with Gasteiger partial charge in [-0.15, -0.1) is 0 Å². The van der Waals surface area contributed by atoms with Gasteiger partial charge in [-0.1, -0.05) is 12.1 Å². The second kappa shape index (κ2) is 9.19. The zero-order chi connectivity index (χ0) is 17.4. The first-order valence-electron chi connectivity index (χ1n) is 9.35. The summed E-state index contributed by atoms with van der Waals surface area (Å²) in [6, 6.07) is 10.6. The molecule has 2 aliphatic heterocycles. The van der Waals surface area contributed by atoms with Gasteiger partial charge in [0.05, 0.1) is 24.7 Å². The summed E-state index contributed by atoms with van der Waals surface area (Å²) in [5, 5.41) is 9.63. The second-order valence-corrected chi connectivity index (χ2v) is 6.84. The molecule has 0 aliphatic carbocycles. The molecule has 5 nitrogen and oxygen atoms in total. The molecule has 0 atom stereocenters. The third-order valence-electron chi connectivity index (χ3n) is 5.17. The Morgan fingerprint density at radius 3 is 2.56 bits per heavy atom. The number of rotatable bonds is 6. The van der Waals surface area contributed by atoms with E-state index >= 15 is 0 Å². The van der Waals surface area contributed by atoms with E-state index in [9.17, 15) is 5.26 Å². The molecule has 1 aromatic rings. The van der Waals surface area contributed by atoms with Crippen molar-refractivity contribution in [3.63, 3.8) is 0 Å². The van der Waals surface area contributed by atoms with E-state index in [0.717, 1.165) is 69.8 Å². The Balaban J connectivity index is 1.45. The van der Waals surface area contributed by atoms with Crippen LogP contribution in [0.25, 0.3) is 0 Å². The molecule has 0 aromatic heterocycles. The molecule has 0 bridgehead atoms. The van der Waals surface area contributed by atoms with Crippen molar-refractivity contribution in [2.45, 2.75) is 31.1 Å². The fourth-order valence-corrected chi connectivity index (χ4v) is 3.55. The van der Waals surface area contributed by atoms with Gasteiger partial charge in [0, 0.05) is 39.5 Å². The molecule has 0 amide bonds. The van der Waals surface area contributed by atoms with Crippen LogP contribution in [0.4, 0.5) is 0 Å². The topological polar surface area (TPSA) is 54.7 Å². The predicted molar refractivity (Wildman–Crippen MR) is 95.8 cm³/mol. The van der Waals surface area contributed by atoms with Gasteiger partial charge in [0.15, 0.2) is 0 Å². The number of benzene rings is 1. The van der Waals surface area contributed by atoms with E-state index in [1.807, 2.05) is 24.3 Å². The monoisotopic (exact) mass is 344 g/mol. The molecule has 0 unspecified atom stereocenters. The predicted octanol–water partition coefficient (Wildman–Crippen LogP) is 2.75. The van der Waals surface area contributed by atoms with Crippen molar-refractivity contribution in [2.75, 3.05) is 52.7 Å². The minimum Gasteiger partial charge on any atom is -0.494 e.